The van der Waals surface area contributed by atoms with Crippen molar-refractivity contribution in [3.63, 3.8) is 0 Å². The largest absolute Gasteiger partial charge is 0.388 e. The molecule has 0 radical (unpaired) electrons. The van der Waals surface area contributed by atoms with Crippen LogP contribution >= 0.6 is 0 Å². The van der Waals surface area contributed by atoms with Crippen LogP contribution in [0.5, 0.6) is 0 Å². The second-order valence-corrected chi connectivity index (χ2v) is 7.42. The number of aliphatic hydroxyl groups is 2. The summed E-state index contributed by atoms with van der Waals surface area (Å²) in [6.07, 6.45) is 0.958. The van der Waals surface area contributed by atoms with Gasteiger partial charge >= 0.3 is 5.69 Å². The third kappa shape index (κ3) is 4.13. The molecule has 3 aromatic rings. The summed E-state index contributed by atoms with van der Waals surface area (Å²) < 4.78 is 13.7. The average molecular weight is 447 g/mol. The fraction of sp³-hybridized carbons (Fsp3) is 0.500. The summed E-state index contributed by atoms with van der Waals surface area (Å²) >= 11 is 0. The fourth-order valence-corrected chi connectivity index (χ4v) is 3.64. The van der Waals surface area contributed by atoms with Gasteiger partial charge in [0.2, 0.25) is 0 Å². The van der Waals surface area contributed by atoms with Crippen LogP contribution in [0.1, 0.15) is 18.2 Å². The van der Waals surface area contributed by atoms with Crippen LogP contribution in [0, 0.1) is 0 Å². The molecule has 0 unspecified atom stereocenters. The van der Waals surface area contributed by atoms with E-state index in [9.17, 15) is 15.0 Å². The molecule has 1 saturated heterocycles. The number of hydrogen-bond donors (Lipinski definition) is 5. The number of fused-ring (bicyclic) bond motifs is 1. The highest BCUT2D eigenvalue weighted by Crippen LogP contribution is 2.33. The van der Waals surface area contributed by atoms with Gasteiger partial charge in [-0.25, -0.2) is 19.7 Å². The summed E-state index contributed by atoms with van der Waals surface area (Å²) in [6, 6.07) is 0. The molecule has 32 heavy (non-hydrogen) atoms. The zero-order valence-corrected chi connectivity index (χ0v) is 17.3. The zero-order valence-electron chi connectivity index (χ0n) is 17.3. The first-order valence-electron chi connectivity index (χ1n) is 9.90. The smallest absolute Gasteiger partial charge is 0.351 e. The summed E-state index contributed by atoms with van der Waals surface area (Å²) in [6.45, 7) is 0.865. The van der Waals surface area contributed by atoms with Crippen molar-refractivity contribution in [2.75, 3.05) is 25.1 Å². The Morgan fingerprint density at radius 1 is 1.22 bits per heavy atom. The van der Waals surface area contributed by atoms with E-state index in [-0.39, 0.29) is 18.4 Å². The lowest BCUT2D eigenvalue weighted by atomic mass is 10.1. The van der Waals surface area contributed by atoms with Crippen molar-refractivity contribution in [2.24, 2.45) is 0 Å². The van der Waals surface area contributed by atoms with Crippen LogP contribution in [-0.2, 0) is 22.7 Å². The minimum absolute atomic E-state index is 0.0694. The molecule has 14 nitrogen and oxygen atoms in total. The zero-order chi connectivity index (χ0) is 22.8. The van der Waals surface area contributed by atoms with Crippen LogP contribution in [0.4, 0.5) is 11.6 Å². The minimum Gasteiger partial charge on any atom is -0.388 e. The first kappa shape index (κ1) is 22.0. The molecule has 14 heteroatoms. The number of anilines is 2. The normalized spacial score (nSPS) is 23.2. The second-order valence-electron chi connectivity index (χ2n) is 7.42. The predicted molar refractivity (Wildman–Crippen MR) is 112 cm³/mol. The number of nitrogens with two attached hydrogens (primary N) is 2. The molecule has 4 heterocycles. The molecule has 0 saturated carbocycles. The number of nitrogens with zero attached hydrogens (tertiary/aromatic N) is 6. The lowest BCUT2D eigenvalue weighted by molar-refractivity contribution is -0.0367. The van der Waals surface area contributed by atoms with E-state index in [2.05, 4.69) is 25.3 Å². The third-order valence-electron chi connectivity index (χ3n) is 5.29. The molecule has 3 aromatic heterocycles. The molecular weight excluding hydrogens is 422 g/mol. The highest BCUT2D eigenvalue weighted by molar-refractivity contribution is 5.81. The van der Waals surface area contributed by atoms with Crippen molar-refractivity contribution in [1.29, 1.82) is 0 Å². The molecule has 4 atom stereocenters. The maximum absolute atomic E-state index is 11.8. The number of aliphatic hydroxyl groups excluding tert-OH is 2. The molecule has 1 aliphatic heterocycles. The van der Waals surface area contributed by atoms with Gasteiger partial charge in [0.15, 0.2) is 17.7 Å². The van der Waals surface area contributed by atoms with E-state index in [0.717, 1.165) is 0 Å². The van der Waals surface area contributed by atoms with Crippen molar-refractivity contribution in [1.82, 2.24) is 34.4 Å². The summed E-state index contributed by atoms with van der Waals surface area (Å²) in [5, 5.41) is 24.2. The Bertz CT molecular complexity index is 1150. The highest BCUT2D eigenvalue weighted by atomic mass is 16.6. The molecular formula is C18H25N9O5. The van der Waals surface area contributed by atoms with E-state index < -0.39 is 30.2 Å². The van der Waals surface area contributed by atoms with Gasteiger partial charge < -0.3 is 36.5 Å². The molecule has 0 amide bonds. The molecule has 0 bridgehead atoms. The number of nitrogen functional groups attached to an aromatic ring is 2. The first-order valence-corrected chi connectivity index (χ1v) is 9.90. The molecule has 1 fully saturated rings. The van der Waals surface area contributed by atoms with E-state index in [1.54, 1.807) is 6.20 Å². The summed E-state index contributed by atoms with van der Waals surface area (Å²) in [5.41, 5.74) is 12.6. The van der Waals surface area contributed by atoms with Crippen LogP contribution in [0.3, 0.4) is 0 Å². The monoisotopic (exact) mass is 447 g/mol. The molecule has 0 spiro atoms. The van der Waals surface area contributed by atoms with E-state index in [1.165, 1.54) is 28.9 Å². The van der Waals surface area contributed by atoms with Gasteiger partial charge in [0.1, 0.15) is 36.6 Å². The van der Waals surface area contributed by atoms with Crippen LogP contribution in [0.15, 0.2) is 23.6 Å². The van der Waals surface area contributed by atoms with Crippen LogP contribution in [-0.4, -0.2) is 71.2 Å². The lowest BCUT2D eigenvalue weighted by Gasteiger charge is -2.16. The molecule has 0 aromatic carbocycles. The van der Waals surface area contributed by atoms with Gasteiger partial charge in [-0.2, -0.15) is 4.98 Å². The molecule has 0 aliphatic carbocycles. The maximum Gasteiger partial charge on any atom is 0.351 e. The van der Waals surface area contributed by atoms with Crippen LogP contribution < -0.4 is 22.5 Å². The predicted octanol–water partition coefficient (Wildman–Crippen LogP) is -2.05. The van der Waals surface area contributed by atoms with Crippen molar-refractivity contribution in [3.05, 3.63) is 34.9 Å². The van der Waals surface area contributed by atoms with Gasteiger partial charge in [0.05, 0.1) is 12.4 Å². The van der Waals surface area contributed by atoms with Gasteiger partial charge in [0.25, 0.3) is 0 Å². The van der Waals surface area contributed by atoms with Crippen molar-refractivity contribution in [2.45, 2.75) is 44.2 Å². The molecule has 1 aliphatic rings. The Hall–Kier alpha value is -3.17. The first-order chi connectivity index (χ1) is 15.4. The van der Waals surface area contributed by atoms with E-state index >= 15 is 0 Å². The topological polar surface area (TPSA) is 201 Å². The molecule has 7 N–H and O–H groups in total. The summed E-state index contributed by atoms with van der Waals surface area (Å²) in [5.74, 6) is 0.351. The van der Waals surface area contributed by atoms with Gasteiger partial charge in [-0.1, -0.05) is 0 Å². The standard InChI is InChI=1S/C18H25N9O5/c1-31-8-26-5-9(14(19)25-18(26)30)4-21-3-2-10-12(28)13(29)17(32-10)27-7-24-11-15(20)22-6-23-16(11)27/h5-7,10,12-13,17,21,28-29H,2-4,8H2,1H3,(H2,19,25,30)(H2,20,22,23)/t10-,12-,13-,17-/m1/s1. The fourth-order valence-electron chi connectivity index (χ4n) is 3.64. The Kier molecular flexibility index (Phi) is 6.29. The number of rotatable bonds is 8. The number of aromatic nitrogens is 6. The van der Waals surface area contributed by atoms with Crippen LogP contribution in [0.25, 0.3) is 11.2 Å². The minimum atomic E-state index is -1.17. The average Bonchev–Trinajstić information content (AvgIpc) is 3.31. The molecule has 4 rings (SSSR count). The van der Waals surface area contributed by atoms with E-state index in [1.807, 2.05) is 0 Å². The van der Waals surface area contributed by atoms with E-state index in [0.29, 0.717) is 36.2 Å². The number of methoxy groups -OCH3 is 1. The number of nitrogens with one attached hydrogen (secondary N) is 1. The van der Waals surface area contributed by atoms with Gasteiger partial charge in [0, 0.05) is 25.4 Å². The quantitative estimate of drug-likeness (QED) is 0.237. The lowest BCUT2D eigenvalue weighted by Crippen LogP contribution is -2.33. The van der Waals surface area contributed by atoms with E-state index in [4.69, 9.17) is 20.9 Å². The summed E-state index contributed by atoms with van der Waals surface area (Å²) in [7, 11) is 1.48. The van der Waals surface area contributed by atoms with Crippen LogP contribution in [0.2, 0.25) is 0 Å². The number of ether oxygens (including phenoxy) is 2. The number of imidazole rings is 1. The van der Waals surface area contributed by atoms with Gasteiger partial charge in [-0.05, 0) is 13.0 Å². The Morgan fingerprint density at radius 3 is 2.81 bits per heavy atom. The SMILES string of the molecule is COCn1cc(CNCC[C@H]2O[C@@H](n3cnc4c(N)ncnc43)[C@H](O)[C@@H]2O)c(N)nc1=O. The van der Waals surface area contributed by atoms with Crippen molar-refractivity contribution in [3.8, 4) is 0 Å². The highest BCUT2D eigenvalue weighted by Gasteiger charge is 2.43. The van der Waals surface area contributed by atoms with Gasteiger partial charge in [-0.15, -0.1) is 0 Å². The maximum atomic E-state index is 11.8. The third-order valence-corrected chi connectivity index (χ3v) is 5.29. The van der Waals surface area contributed by atoms with Crippen molar-refractivity contribution >= 4 is 22.8 Å². The van der Waals surface area contributed by atoms with Gasteiger partial charge in [-0.3, -0.25) is 9.13 Å². The summed E-state index contributed by atoms with van der Waals surface area (Å²) in [4.78, 5) is 27.7. The Morgan fingerprint density at radius 2 is 2.03 bits per heavy atom. The molecule has 172 valence electrons. The second kappa shape index (κ2) is 9.13. The Balaban J connectivity index is 1.37. The number of hydrogen-bond acceptors (Lipinski definition) is 12. The van der Waals surface area contributed by atoms with Crippen molar-refractivity contribution < 1.29 is 19.7 Å². The Labute approximate surface area is 181 Å².